The predicted molar refractivity (Wildman–Crippen MR) is 89.0 cm³/mol. The van der Waals surface area contributed by atoms with Crippen molar-refractivity contribution in [3.63, 3.8) is 0 Å². The van der Waals surface area contributed by atoms with Gasteiger partial charge in [0.05, 0.1) is 0 Å². The third kappa shape index (κ3) is 5.39. The number of amides is 1. The number of rotatable bonds is 2. The lowest BCUT2D eigenvalue weighted by Gasteiger charge is -2.45. The van der Waals surface area contributed by atoms with Gasteiger partial charge in [-0.1, -0.05) is 19.9 Å². The molecule has 0 spiro atoms. The molecule has 2 heterocycles. The molecular weight excluding hydrogens is 319 g/mol. The molecule has 1 aromatic heterocycles. The lowest BCUT2D eigenvalue weighted by Crippen LogP contribution is -2.59. The Hall–Kier alpha value is -1.79. The summed E-state index contributed by atoms with van der Waals surface area (Å²) in [6, 6.07) is 3.25. The second-order valence-electron chi connectivity index (χ2n) is 5.89. The minimum atomic E-state index is -4.47. The van der Waals surface area contributed by atoms with Crippen LogP contribution >= 0.6 is 0 Å². The Bertz CT molecular complexity index is 519. The van der Waals surface area contributed by atoms with Crippen molar-refractivity contribution in [2.24, 2.45) is 0 Å². The molecule has 136 valence electrons. The van der Waals surface area contributed by atoms with Crippen LogP contribution in [0.1, 0.15) is 39.7 Å². The van der Waals surface area contributed by atoms with Gasteiger partial charge in [-0.15, -0.1) is 0 Å². The maximum Gasteiger partial charge on any atom is 0.397 e. The summed E-state index contributed by atoms with van der Waals surface area (Å²) in [6.07, 6.45) is -4.11. The lowest BCUT2D eigenvalue weighted by atomic mass is 10.1. The number of carbonyl (C=O) groups excluding carboxylic acids is 1. The van der Waals surface area contributed by atoms with E-state index in [2.05, 4.69) is 4.98 Å². The predicted octanol–water partition coefficient (Wildman–Crippen LogP) is 3.79. The standard InChI is InChI=1S/C15H20F3N3O.C2H6/c1-10-4-5-13(19-7-10)20-8-11(2)21(12(3)9-20)14(22)6-15(16,17)18;1-2/h4-5,7,11-12H,6,8-9H2,1-3H3;1-2H3. The van der Waals surface area contributed by atoms with E-state index in [9.17, 15) is 18.0 Å². The van der Waals surface area contributed by atoms with Crippen molar-refractivity contribution < 1.29 is 18.0 Å². The summed E-state index contributed by atoms with van der Waals surface area (Å²) in [6.45, 7) is 10.4. The van der Waals surface area contributed by atoms with Gasteiger partial charge >= 0.3 is 6.18 Å². The molecule has 2 atom stereocenters. The number of aryl methyl sites for hydroxylation is 1. The minimum absolute atomic E-state index is 0.290. The molecular formula is C17H26F3N3O. The maximum atomic E-state index is 12.4. The molecule has 1 aromatic rings. The summed E-state index contributed by atoms with van der Waals surface area (Å²) in [5.74, 6) is -0.0729. The number of hydrogen-bond acceptors (Lipinski definition) is 3. The Morgan fingerprint density at radius 2 is 1.75 bits per heavy atom. The van der Waals surface area contributed by atoms with Gasteiger partial charge in [-0.2, -0.15) is 13.2 Å². The average molecular weight is 345 g/mol. The number of alkyl halides is 3. The molecule has 1 fully saturated rings. The van der Waals surface area contributed by atoms with Crippen LogP contribution in [-0.2, 0) is 4.79 Å². The summed E-state index contributed by atoms with van der Waals surface area (Å²) in [5, 5.41) is 0. The number of aromatic nitrogens is 1. The van der Waals surface area contributed by atoms with E-state index in [0.717, 1.165) is 11.4 Å². The van der Waals surface area contributed by atoms with Crippen LogP contribution in [0.2, 0.25) is 0 Å². The van der Waals surface area contributed by atoms with Crippen LogP contribution in [0.4, 0.5) is 19.0 Å². The summed E-state index contributed by atoms with van der Waals surface area (Å²) < 4.78 is 37.3. The molecule has 1 saturated heterocycles. The molecule has 4 nitrogen and oxygen atoms in total. The fourth-order valence-electron chi connectivity index (χ4n) is 2.91. The van der Waals surface area contributed by atoms with E-state index < -0.39 is 18.5 Å². The Morgan fingerprint density at radius 1 is 1.21 bits per heavy atom. The normalized spacial score (nSPS) is 21.2. The van der Waals surface area contributed by atoms with Crippen molar-refractivity contribution >= 4 is 11.7 Å². The fraction of sp³-hybridized carbons (Fsp3) is 0.647. The maximum absolute atomic E-state index is 12.4. The summed E-state index contributed by atoms with van der Waals surface area (Å²) in [5.41, 5.74) is 1.05. The molecule has 1 aliphatic rings. The van der Waals surface area contributed by atoms with Gasteiger partial charge in [0.1, 0.15) is 12.2 Å². The van der Waals surface area contributed by atoms with E-state index in [4.69, 9.17) is 0 Å². The third-order valence-corrected chi connectivity index (χ3v) is 3.78. The lowest BCUT2D eigenvalue weighted by molar-refractivity contribution is -0.164. The number of hydrogen-bond donors (Lipinski definition) is 0. The first kappa shape index (κ1) is 20.3. The number of anilines is 1. The topological polar surface area (TPSA) is 36.4 Å². The van der Waals surface area contributed by atoms with E-state index in [1.807, 2.05) is 37.8 Å². The van der Waals surface area contributed by atoms with Crippen molar-refractivity contribution in [3.8, 4) is 0 Å². The van der Waals surface area contributed by atoms with Crippen LogP contribution in [-0.4, -0.2) is 47.1 Å². The van der Waals surface area contributed by atoms with Gasteiger partial charge in [0.15, 0.2) is 0 Å². The molecule has 2 rings (SSSR count). The Kier molecular flexibility index (Phi) is 7.05. The van der Waals surface area contributed by atoms with Gasteiger partial charge in [-0.05, 0) is 32.4 Å². The Labute approximate surface area is 141 Å². The second-order valence-corrected chi connectivity index (χ2v) is 5.89. The molecule has 0 saturated carbocycles. The first-order chi connectivity index (χ1) is 11.2. The average Bonchev–Trinajstić information content (AvgIpc) is 2.47. The van der Waals surface area contributed by atoms with E-state index in [0.29, 0.717) is 13.1 Å². The zero-order chi connectivity index (χ0) is 18.5. The molecule has 7 heteroatoms. The highest BCUT2D eigenvalue weighted by atomic mass is 19.4. The minimum Gasteiger partial charge on any atom is -0.353 e. The van der Waals surface area contributed by atoms with Gasteiger partial charge < -0.3 is 9.80 Å². The molecule has 24 heavy (non-hydrogen) atoms. The van der Waals surface area contributed by atoms with Crippen molar-refractivity contribution in [3.05, 3.63) is 23.9 Å². The van der Waals surface area contributed by atoms with Gasteiger partial charge in [0.25, 0.3) is 0 Å². The van der Waals surface area contributed by atoms with Crippen LogP contribution in [0.15, 0.2) is 18.3 Å². The highest BCUT2D eigenvalue weighted by Crippen LogP contribution is 2.26. The van der Waals surface area contributed by atoms with Crippen LogP contribution in [0, 0.1) is 6.92 Å². The Morgan fingerprint density at radius 3 is 2.17 bits per heavy atom. The largest absolute Gasteiger partial charge is 0.397 e. The van der Waals surface area contributed by atoms with Crippen molar-refractivity contribution in [1.82, 2.24) is 9.88 Å². The number of piperazine rings is 1. The molecule has 0 radical (unpaired) electrons. The molecule has 0 aromatic carbocycles. The van der Waals surface area contributed by atoms with E-state index in [1.54, 1.807) is 20.0 Å². The smallest absolute Gasteiger partial charge is 0.353 e. The molecule has 1 aliphatic heterocycles. The highest BCUT2D eigenvalue weighted by molar-refractivity contribution is 5.78. The zero-order valence-corrected chi connectivity index (χ0v) is 14.9. The molecule has 0 N–H and O–H groups in total. The first-order valence-corrected chi connectivity index (χ1v) is 8.23. The third-order valence-electron chi connectivity index (χ3n) is 3.78. The number of halogens is 3. The summed E-state index contributed by atoms with van der Waals surface area (Å²) >= 11 is 0. The number of pyridine rings is 1. The van der Waals surface area contributed by atoms with Crippen LogP contribution < -0.4 is 4.90 Å². The highest BCUT2D eigenvalue weighted by Gasteiger charge is 2.39. The van der Waals surface area contributed by atoms with Gasteiger partial charge in [0, 0.05) is 31.4 Å². The van der Waals surface area contributed by atoms with Crippen LogP contribution in [0.3, 0.4) is 0 Å². The van der Waals surface area contributed by atoms with Gasteiger partial charge in [-0.3, -0.25) is 4.79 Å². The van der Waals surface area contributed by atoms with Crippen molar-refractivity contribution in [2.75, 3.05) is 18.0 Å². The molecule has 1 amide bonds. The summed E-state index contributed by atoms with van der Waals surface area (Å²) in [4.78, 5) is 19.6. The number of nitrogens with zero attached hydrogens (tertiary/aromatic N) is 3. The number of carbonyl (C=O) groups is 1. The van der Waals surface area contributed by atoms with E-state index >= 15 is 0 Å². The Balaban J connectivity index is 0.00000139. The van der Waals surface area contributed by atoms with Crippen LogP contribution in [0.25, 0.3) is 0 Å². The first-order valence-electron chi connectivity index (χ1n) is 8.23. The molecule has 0 bridgehead atoms. The molecule has 0 aliphatic carbocycles. The van der Waals surface area contributed by atoms with E-state index in [1.165, 1.54) is 4.90 Å². The zero-order valence-electron chi connectivity index (χ0n) is 14.9. The quantitative estimate of drug-likeness (QED) is 0.818. The monoisotopic (exact) mass is 345 g/mol. The van der Waals surface area contributed by atoms with Crippen LogP contribution in [0.5, 0.6) is 0 Å². The van der Waals surface area contributed by atoms with Gasteiger partial charge in [0.2, 0.25) is 5.91 Å². The van der Waals surface area contributed by atoms with Crippen molar-refractivity contribution in [2.45, 2.75) is 59.3 Å². The fourth-order valence-corrected chi connectivity index (χ4v) is 2.91. The van der Waals surface area contributed by atoms with Gasteiger partial charge in [-0.25, -0.2) is 4.98 Å². The second kappa shape index (κ2) is 8.35. The van der Waals surface area contributed by atoms with Crippen molar-refractivity contribution in [1.29, 1.82) is 0 Å². The SMILES string of the molecule is CC.Cc1ccc(N2CC(C)N(C(=O)CC(F)(F)F)C(C)C2)nc1. The molecule has 2 unspecified atom stereocenters. The van der Waals surface area contributed by atoms with E-state index in [-0.39, 0.29) is 12.1 Å². The summed E-state index contributed by atoms with van der Waals surface area (Å²) in [7, 11) is 0.